The van der Waals surface area contributed by atoms with Gasteiger partial charge in [-0.2, -0.15) is 0 Å². The number of methoxy groups -OCH3 is 1. The van der Waals surface area contributed by atoms with Crippen molar-refractivity contribution in [2.24, 2.45) is 0 Å². The van der Waals surface area contributed by atoms with Crippen LogP contribution in [0.15, 0.2) is 77.7 Å². The number of rotatable bonds is 8. The minimum absolute atomic E-state index is 0.113. The first-order valence-electron chi connectivity index (χ1n) is 12.4. The number of aryl methyl sites for hydroxylation is 1. The third-order valence-corrected chi connectivity index (χ3v) is 6.36. The Hall–Kier alpha value is -3.32. The number of hydrogen-bond donors (Lipinski definition) is 1. The summed E-state index contributed by atoms with van der Waals surface area (Å²) in [4.78, 5) is 17.9. The molecular weight excluding hydrogens is 470 g/mol. The second-order valence-electron chi connectivity index (χ2n) is 8.63. The van der Waals surface area contributed by atoms with E-state index in [0.29, 0.717) is 13.1 Å². The van der Waals surface area contributed by atoms with Crippen molar-refractivity contribution in [3.05, 3.63) is 78.4 Å². The SMILES string of the molecule is CCC.COc1ccc(NCC(=O)N2CCN(c3ccc(OSc4ccc(C)cc4)cc3)CC2)cc1. The molecule has 1 heterocycles. The van der Waals surface area contributed by atoms with Crippen molar-refractivity contribution in [3.63, 3.8) is 0 Å². The van der Waals surface area contributed by atoms with E-state index < -0.39 is 0 Å². The largest absolute Gasteiger partial charge is 0.497 e. The molecule has 1 amide bonds. The van der Waals surface area contributed by atoms with E-state index in [0.717, 1.165) is 40.9 Å². The summed E-state index contributed by atoms with van der Waals surface area (Å²) in [6.45, 7) is 9.66. The van der Waals surface area contributed by atoms with Crippen molar-refractivity contribution in [2.45, 2.75) is 32.1 Å². The monoisotopic (exact) mass is 507 g/mol. The molecular formula is C29H37N3O3S. The Kier molecular flexibility index (Phi) is 10.8. The summed E-state index contributed by atoms with van der Waals surface area (Å²) in [5.74, 6) is 1.73. The van der Waals surface area contributed by atoms with Gasteiger partial charge in [0, 0.05) is 42.4 Å². The van der Waals surface area contributed by atoms with E-state index in [1.807, 2.05) is 41.3 Å². The summed E-state index contributed by atoms with van der Waals surface area (Å²) in [6.07, 6.45) is 1.25. The molecule has 3 aromatic carbocycles. The van der Waals surface area contributed by atoms with E-state index in [2.05, 4.69) is 67.4 Å². The van der Waals surface area contributed by atoms with Crippen LogP contribution in [-0.4, -0.2) is 50.6 Å². The highest BCUT2D eigenvalue weighted by molar-refractivity contribution is 7.95. The predicted octanol–water partition coefficient (Wildman–Crippen LogP) is 6.27. The fourth-order valence-electron chi connectivity index (χ4n) is 3.61. The number of ether oxygens (including phenoxy) is 1. The van der Waals surface area contributed by atoms with Crippen LogP contribution in [0.2, 0.25) is 0 Å². The molecule has 1 saturated heterocycles. The van der Waals surface area contributed by atoms with Gasteiger partial charge in [-0.1, -0.05) is 38.0 Å². The summed E-state index contributed by atoms with van der Waals surface area (Å²) in [5, 5.41) is 3.19. The van der Waals surface area contributed by atoms with Crippen molar-refractivity contribution in [1.82, 2.24) is 4.90 Å². The van der Waals surface area contributed by atoms with Gasteiger partial charge in [0.2, 0.25) is 5.91 Å². The number of nitrogens with zero attached hydrogens (tertiary/aromatic N) is 2. The minimum atomic E-state index is 0.113. The summed E-state index contributed by atoms with van der Waals surface area (Å²) >= 11 is 1.36. The van der Waals surface area contributed by atoms with Gasteiger partial charge in [-0.15, -0.1) is 0 Å². The van der Waals surface area contributed by atoms with E-state index in [9.17, 15) is 4.79 Å². The highest BCUT2D eigenvalue weighted by Gasteiger charge is 2.21. The lowest BCUT2D eigenvalue weighted by atomic mass is 10.2. The molecule has 36 heavy (non-hydrogen) atoms. The first-order chi connectivity index (χ1) is 17.5. The maximum atomic E-state index is 12.6. The van der Waals surface area contributed by atoms with Crippen molar-refractivity contribution in [1.29, 1.82) is 0 Å². The van der Waals surface area contributed by atoms with Crippen molar-refractivity contribution < 1.29 is 13.7 Å². The molecule has 1 fully saturated rings. The average Bonchev–Trinajstić information content (AvgIpc) is 2.92. The Morgan fingerprint density at radius 1 is 0.861 bits per heavy atom. The molecule has 6 nitrogen and oxygen atoms in total. The van der Waals surface area contributed by atoms with Crippen LogP contribution in [0, 0.1) is 6.92 Å². The molecule has 0 bridgehead atoms. The maximum absolute atomic E-state index is 12.6. The average molecular weight is 508 g/mol. The van der Waals surface area contributed by atoms with Gasteiger partial charge in [-0.05, 0) is 67.6 Å². The number of benzene rings is 3. The van der Waals surface area contributed by atoms with E-state index in [4.69, 9.17) is 8.92 Å². The van der Waals surface area contributed by atoms with Crippen LogP contribution in [0.25, 0.3) is 0 Å². The molecule has 4 rings (SSSR count). The molecule has 0 saturated carbocycles. The second kappa shape index (κ2) is 14.3. The predicted molar refractivity (Wildman–Crippen MR) is 150 cm³/mol. The van der Waals surface area contributed by atoms with Crippen LogP contribution < -0.4 is 19.1 Å². The zero-order valence-electron chi connectivity index (χ0n) is 21.7. The van der Waals surface area contributed by atoms with Gasteiger partial charge < -0.3 is 24.0 Å². The van der Waals surface area contributed by atoms with Crippen molar-refractivity contribution in [3.8, 4) is 11.5 Å². The number of piperazine rings is 1. The first-order valence-corrected chi connectivity index (χ1v) is 13.2. The van der Waals surface area contributed by atoms with E-state index >= 15 is 0 Å². The Morgan fingerprint density at radius 3 is 2.03 bits per heavy atom. The van der Waals surface area contributed by atoms with Crippen molar-refractivity contribution >= 4 is 29.3 Å². The fourth-order valence-corrected chi connectivity index (χ4v) is 4.17. The third kappa shape index (κ3) is 8.41. The van der Waals surface area contributed by atoms with Gasteiger partial charge in [0.05, 0.1) is 25.7 Å². The number of hydrogen-bond acceptors (Lipinski definition) is 6. The molecule has 0 unspecified atom stereocenters. The summed E-state index contributed by atoms with van der Waals surface area (Å²) < 4.78 is 11.0. The maximum Gasteiger partial charge on any atom is 0.241 e. The molecule has 0 spiro atoms. The molecule has 0 radical (unpaired) electrons. The standard InChI is InChI=1S/C26H29N3O3S.C3H8/c1-20-3-13-25(14-4-20)33-32-24-11-7-22(8-12-24)28-15-17-29(18-16-28)26(30)19-27-21-5-9-23(31-2)10-6-21;1-3-2/h3-14,27H,15-19H2,1-2H3;3H2,1-2H3. The van der Waals surface area contributed by atoms with Gasteiger partial charge in [0.25, 0.3) is 0 Å². The number of anilines is 2. The lowest BCUT2D eigenvalue weighted by molar-refractivity contribution is -0.129. The molecule has 192 valence electrons. The summed E-state index contributed by atoms with van der Waals surface area (Å²) in [6, 6.07) is 24.0. The Morgan fingerprint density at radius 2 is 1.44 bits per heavy atom. The molecule has 3 aromatic rings. The van der Waals surface area contributed by atoms with Gasteiger partial charge in [0.15, 0.2) is 0 Å². The van der Waals surface area contributed by atoms with Crippen molar-refractivity contribution in [2.75, 3.05) is 50.1 Å². The third-order valence-electron chi connectivity index (χ3n) is 5.62. The number of nitrogens with one attached hydrogen (secondary N) is 1. The van der Waals surface area contributed by atoms with Crippen LogP contribution in [0.4, 0.5) is 11.4 Å². The van der Waals surface area contributed by atoms with Crippen LogP contribution in [-0.2, 0) is 4.79 Å². The Labute approximate surface area is 219 Å². The van der Waals surface area contributed by atoms with E-state index in [1.54, 1.807) is 7.11 Å². The highest BCUT2D eigenvalue weighted by Crippen LogP contribution is 2.26. The topological polar surface area (TPSA) is 54.0 Å². The lowest BCUT2D eigenvalue weighted by Crippen LogP contribution is -2.50. The highest BCUT2D eigenvalue weighted by atomic mass is 32.2. The Balaban J connectivity index is 0.00000115. The number of carbonyl (C=O) groups is 1. The van der Waals surface area contributed by atoms with Gasteiger partial charge in [-0.25, -0.2) is 0 Å². The Bertz CT molecular complexity index is 1050. The molecule has 1 N–H and O–H groups in total. The zero-order valence-corrected chi connectivity index (χ0v) is 22.5. The van der Waals surface area contributed by atoms with Crippen LogP contribution >= 0.6 is 12.0 Å². The molecule has 1 aliphatic rings. The second-order valence-corrected chi connectivity index (χ2v) is 9.44. The van der Waals surface area contributed by atoms with E-state index in [1.165, 1.54) is 24.0 Å². The fraction of sp³-hybridized carbons (Fsp3) is 0.345. The van der Waals surface area contributed by atoms with Gasteiger partial charge in [0.1, 0.15) is 11.5 Å². The minimum Gasteiger partial charge on any atom is -0.497 e. The smallest absolute Gasteiger partial charge is 0.241 e. The van der Waals surface area contributed by atoms with Crippen LogP contribution in [0.1, 0.15) is 25.8 Å². The van der Waals surface area contributed by atoms with Crippen LogP contribution in [0.5, 0.6) is 11.5 Å². The molecule has 0 aliphatic carbocycles. The summed E-state index contributed by atoms with van der Waals surface area (Å²) in [5.41, 5.74) is 3.29. The molecule has 0 aromatic heterocycles. The lowest BCUT2D eigenvalue weighted by Gasteiger charge is -2.36. The normalized spacial score (nSPS) is 12.9. The molecule has 1 aliphatic heterocycles. The first kappa shape index (κ1) is 27.3. The molecule has 7 heteroatoms. The zero-order chi connectivity index (χ0) is 25.8. The quantitative estimate of drug-likeness (QED) is 0.363. The number of amides is 1. The van der Waals surface area contributed by atoms with Gasteiger partial charge >= 0.3 is 0 Å². The number of carbonyl (C=O) groups excluding carboxylic acids is 1. The van der Waals surface area contributed by atoms with Crippen LogP contribution in [0.3, 0.4) is 0 Å². The van der Waals surface area contributed by atoms with E-state index in [-0.39, 0.29) is 12.5 Å². The molecule has 0 atom stereocenters. The summed E-state index contributed by atoms with van der Waals surface area (Å²) in [7, 11) is 1.64. The van der Waals surface area contributed by atoms with Gasteiger partial charge in [-0.3, -0.25) is 4.79 Å².